The SMILES string of the molecule is CCCCNC(=O)c1cncc(NC2CCN(C(=O)OCC)CC2)c1. The zero-order valence-corrected chi connectivity index (χ0v) is 15.1. The minimum atomic E-state index is -0.242. The molecular weight excluding hydrogens is 320 g/mol. The quantitative estimate of drug-likeness (QED) is 0.740. The van der Waals surface area contributed by atoms with E-state index in [1.54, 1.807) is 17.3 Å². The van der Waals surface area contributed by atoms with Crippen molar-refractivity contribution in [1.29, 1.82) is 0 Å². The van der Waals surface area contributed by atoms with Gasteiger partial charge in [-0.1, -0.05) is 13.3 Å². The number of ether oxygens (including phenoxy) is 1. The molecule has 2 heterocycles. The molecule has 1 aromatic rings. The lowest BCUT2D eigenvalue weighted by Crippen LogP contribution is -2.42. The normalized spacial score (nSPS) is 14.9. The number of nitrogens with one attached hydrogen (secondary N) is 2. The van der Waals surface area contributed by atoms with Gasteiger partial charge >= 0.3 is 6.09 Å². The first-order valence-electron chi connectivity index (χ1n) is 9.05. The van der Waals surface area contributed by atoms with E-state index in [-0.39, 0.29) is 18.0 Å². The molecule has 0 unspecified atom stereocenters. The van der Waals surface area contributed by atoms with Crippen LogP contribution in [-0.4, -0.2) is 54.2 Å². The number of nitrogens with zero attached hydrogens (tertiary/aromatic N) is 2. The molecule has 0 aromatic carbocycles. The van der Waals surface area contributed by atoms with Crippen LogP contribution in [0.15, 0.2) is 18.5 Å². The Kier molecular flexibility index (Phi) is 7.50. The smallest absolute Gasteiger partial charge is 0.409 e. The van der Waals surface area contributed by atoms with Crippen molar-refractivity contribution in [2.24, 2.45) is 0 Å². The van der Waals surface area contributed by atoms with Gasteiger partial charge in [-0.15, -0.1) is 0 Å². The van der Waals surface area contributed by atoms with Crippen molar-refractivity contribution in [3.63, 3.8) is 0 Å². The van der Waals surface area contributed by atoms with Crippen LogP contribution in [0.5, 0.6) is 0 Å². The molecule has 138 valence electrons. The zero-order chi connectivity index (χ0) is 18.1. The Hall–Kier alpha value is -2.31. The van der Waals surface area contributed by atoms with Crippen molar-refractivity contribution in [1.82, 2.24) is 15.2 Å². The number of likely N-dealkylation sites (tertiary alicyclic amines) is 1. The zero-order valence-electron chi connectivity index (χ0n) is 15.1. The molecule has 0 spiro atoms. The maximum atomic E-state index is 12.1. The molecule has 1 aliphatic rings. The largest absolute Gasteiger partial charge is 0.450 e. The van der Waals surface area contributed by atoms with Crippen molar-refractivity contribution >= 4 is 17.7 Å². The number of pyridine rings is 1. The van der Waals surface area contributed by atoms with Crippen LogP contribution in [-0.2, 0) is 4.74 Å². The van der Waals surface area contributed by atoms with Crippen LogP contribution in [0.4, 0.5) is 10.5 Å². The minimum Gasteiger partial charge on any atom is -0.450 e. The number of hydrogen-bond acceptors (Lipinski definition) is 5. The third kappa shape index (κ3) is 5.92. The molecule has 1 aromatic heterocycles. The summed E-state index contributed by atoms with van der Waals surface area (Å²) in [7, 11) is 0. The average Bonchev–Trinajstić information content (AvgIpc) is 2.63. The molecule has 0 bridgehead atoms. The number of carbonyl (C=O) groups excluding carboxylic acids is 2. The Morgan fingerprint density at radius 3 is 2.72 bits per heavy atom. The fourth-order valence-corrected chi connectivity index (χ4v) is 2.78. The fourth-order valence-electron chi connectivity index (χ4n) is 2.78. The molecule has 7 heteroatoms. The second kappa shape index (κ2) is 9.86. The first-order valence-corrected chi connectivity index (χ1v) is 9.05. The highest BCUT2D eigenvalue weighted by Gasteiger charge is 2.23. The van der Waals surface area contributed by atoms with E-state index >= 15 is 0 Å². The highest BCUT2D eigenvalue weighted by atomic mass is 16.6. The third-order valence-corrected chi connectivity index (χ3v) is 4.21. The summed E-state index contributed by atoms with van der Waals surface area (Å²) in [6.07, 6.45) is 6.75. The third-order valence-electron chi connectivity index (χ3n) is 4.21. The van der Waals surface area contributed by atoms with Gasteiger partial charge in [-0.3, -0.25) is 9.78 Å². The van der Waals surface area contributed by atoms with Gasteiger partial charge in [0, 0.05) is 38.1 Å². The summed E-state index contributed by atoms with van der Waals surface area (Å²) in [5.41, 5.74) is 1.39. The van der Waals surface area contributed by atoms with Crippen LogP contribution in [0, 0.1) is 0 Å². The summed E-state index contributed by atoms with van der Waals surface area (Å²) in [6, 6.07) is 2.08. The number of anilines is 1. The summed E-state index contributed by atoms with van der Waals surface area (Å²) in [4.78, 5) is 29.7. The molecule has 1 fully saturated rings. The Balaban J connectivity index is 1.84. The average molecular weight is 348 g/mol. The predicted molar refractivity (Wildman–Crippen MR) is 96.7 cm³/mol. The number of hydrogen-bond donors (Lipinski definition) is 2. The van der Waals surface area contributed by atoms with E-state index in [9.17, 15) is 9.59 Å². The van der Waals surface area contributed by atoms with Gasteiger partial charge < -0.3 is 20.3 Å². The number of aromatic nitrogens is 1. The Bertz CT molecular complexity index is 571. The molecule has 2 rings (SSSR count). The molecule has 0 saturated carbocycles. The molecule has 25 heavy (non-hydrogen) atoms. The number of rotatable bonds is 7. The van der Waals surface area contributed by atoms with Crippen LogP contribution in [0.1, 0.15) is 49.9 Å². The molecule has 1 aliphatic heterocycles. The maximum absolute atomic E-state index is 12.1. The summed E-state index contributed by atoms with van der Waals surface area (Å²) in [5, 5.41) is 6.31. The van der Waals surface area contributed by atoms with Gasteiger partial charge in [-0.25, -0.2) is 4.79 Å². The molecular formula is C18H28N4O3. The highest BCUT2D eigenvalue weighted by molar-refractivity contribution is 5.94. The second-order valence-corrected chi connectivity index (χ2v) is 6.18. The van der Waals surface area contributed by atoms with Crippen LogP contribution in [0.3, 0.4) is 0 Å². The van der Waals surface area contributed by atoms with Gasteiger partial charge in [0.05, 0.1) is 17.9 Å². The van der Waals surface area contributed by atoms with E-state index in [0.29, 0.717) is 31.8 Å². The lowest BCUT2D eigenvalue weighted by molar-refractivity contribution is 0.0950. The van der Waals surface area contributed by atoms with Gasteiger partial charge in [0.25, 0.3) is 5.91 Å². The number of amides is 2. The predicted octanol–water partition coefficient (Wildman–Crippen LogP) is 2.64. The van der Waals surface area contributed by atoms with Crippen LogP contribution in [0.2, 0.25) is 0 Å². The van der Waals surface area contributed by atoms with Gasteiger partial charge in [-0.2, -0.15) is 0 Å². The molecule has 0 radical (unpaired) electrons. The Labute approximate surface area is 149 Å². The summed E-state index contributed by atoms with van der Waals surface area (Å²) >= 11 is 0. The highest BCUT2D eigenvalue weighted by Crippen LogP contribution is 2.17. The van der Waals surface area contributed by atoms with Crippen LogP contribution in [0.25, 0.3) is 0 Å². The van der Waals surface area contributed by atoms with Crippen LogP contribution < -0.4 is 10.6 Å². The topological polar surface area (TPSA) is 83.6 Å². The molecule has 7 nitrogen and oxygen atoms in total. The molecule has 0 aliphatic carbocycles. The van der Waals surface area contributed by atoms with Crippen LogP contribution >= 0.6 is 0 Å². The molecule has 0 atom stereocenters. The van der Waals surface area contributed by atoms with Gasteiger partial charge in [0.2, 0.25) is 0 Å². The van der Waals surface area contributed by atoms with E-state index in [1.807, 2.05) is 13.0 Å². The van der Waals surface area contributed by atoms with E-state index in [2.05, 4.69) is 22.5 Å². The van der Waals surface area contributed by atoms with Crippen molar-refractivity contribution in [3.05, 3.63) is 24.0 Å². The van der Waals surface area contributed by atoms with Crippen molar-refractivity contribution in [2.75, 3.05) is 31.6 Å². The van der Waals surface area contributed by atoms with Gasteiger partial charge in [-0.05, 0) is 32.3 Å². The summed E-state index contributed by atoms with van der Waals surface area (Å²) < 4.78 is 5.03. The molecule has 2 N–H and O–H groups in total. The van der Waals surface area contributed by atoms with E-state index in [4.69, 9.17) is 4.74 Å². The lowest BCUT2D eigenvalue weighted by Gasteiger charge is -2.32. The van der Waals surface area contributed by atoms with Gasteiger partial charge in [0.15, 0.2) is 0 Å². The molecule has 2 amide bonds. The second-order valence-electron chi connectivity index (χ2n) is 6.18. The van der Waals surface area contributed by atoms with E-state index in [0.717, 1.165) is 31.4 Å². The first kappa shape index (κ1) is 19.0. The van der Waals surface area contributed by atoms with Gasteiger partial charge in [0.1, 0.15) is 0 Å². The standard InChI is InChI=1S/C18H28N4O3/c1-3-5-8-20-17(23)14-11-16(13-19-12-14)21-15-6-9-22(10-7-15)18(24)25-4-2/h11-13,15,21H,3-10H2,1-2H3,(H,20,23). The maximum Gasteiger partial charge on any atom is 0.409 e. The summed E-state index contributed by atoms with van der Waals surface area (Å²) in [5.74, 6) is -0.0956. The van der Waals surface area contributed by atoms with E-state index < -0.39 is 0 Å². The first-order chi connectivity index (χ1) is 12.1. The Morgan fingerprint density at radius 2 is 2.04 bits per heavy atom. The summed E-state index contributed by atoms with van der Waals surface area (Å²) in [6.45, 7) is 6.31. The fraction of sp³-hybridized carbons (Fsp3) is 0.611. The number of unbranched alkanes of at least 4 members (excludes halogenated alkanes) is 1. The Morgan fingerprint density at radius 1 is 1.28 bits per heavy atom. The van der Waals surface area contributed by atoms with Crippen molar-refractivity contribution in [2.45, 2.75) is 45.6 Å². The van der Waals surface area contributed by atoms with Crippen molar-refractivity contribution in [3.8, 4) is 0 Å². The lowest BCUT2D eigenvalue weighted by atomic mass is 10.1. The molecule has 1 saturated heterocycles. The van der Waals surface area contributed by atoms with Crippen molar-refractivity contribution < 1.29 is 14.3 Å². The van der Waals surface area contributed by atoms with E-state index in [1.165, 1.54) is 0 Å². The number of piperidine rings is 1. The number of carbonyl (C=O) groups is 2. The minimum absolute atomic E-state index is 0.0956. The monoisotopic (exact) mass is 348 g/mol.